The van der Waals surface area contributed by atoms with Crippen LogP contribution in [0.3, 0.4) is 0 Å². The number of benzene rings is 1. The van der Waals surface area contributed by atoms with Crippen LogP contribution in [0.25, 0.3) is 0 Å². The van der Waals surface area contributed by atoms with E-state index < -0.39 is 17.7 Å². The van der Waals surface area contributed by atoms with E-state index in [9.17, 15) is 19.2 Å². The molecule has 4 amide bonds. The van der Waals surface area contributed by atoms with Gasteiger partial charge >= 0.3 is 11.8 Å². The van der Waals surface area contributed by atoms with E-state index in [2.05, 4.69) is 5.32 Å². The number of imide groups is 1. The third-order valence-corrected chi connectivity index (χ3v) is 3.93. The van der Waals surface area contributed by atoms with Crippen molar-refractivity contribution in [2.45, 2.75) is 26.2 Å². The summed E-state index contributed by atoms with van der Waals surface area (Å²) in [6.45, 7) is 2.74. The van der Waals surface area contributed by atoms with Gasteiger partial charge in [-0.2, -0.15) is 0 Å². The van der Waals surface area contributed by atoms with Crippen LogP contribution in [0.5, 0.6) is 0 Å². The molecular formula is C17H22N4O4. The molecule has 8 heteroatoms. The number of nitrogens with zero attached hydrogens (tertiary/aromatic N) is 2. The van der Waals surface area contributed by atoms with E-state index in [-0.39, 0.29) is 18.1 Å². The van der Waals surface area contributed by atoms with Gasteiger partial charge in [-0.3, -0.25) is 19.2 Å². The molecular weight excluding hydrogens is 324 g/mol. The Labute approximate surface area is 145 Å². The number of nitrogens with two attached hydrogens (primary N) is 1. The summed E-state index contributed by atoms with van der Waals surface area (Å²) in [7, 11) is 0. The molecule has 0 unspecified atom stereocenters. The Hall–Kier alpha value is -2.90. The van der Waals surface area contributed by atoms with Gasteiger partial charge < -0.3 is 16.0 Å². The molecule has 0 atom stereocenters. The van der Waals surface area contributed by atoms with Crippen molar-refractivity contribution < 1.29 is 19.2 Å². The molecule has 1 aliphatic heterocycles. The average molecular weight is 346 g/mol. The van der Waals surface area contributed by atoms with E-state index >= 15 is 0 Å². The van der Waals surface area contributed by atoms with Crippen molar-refractivity contribution in [1.82, 2.24) is 10.2 Å². The van der Waals surface area contributed by atoms with Crippen molar-refractivity contribution in [3.05, 3.63) is 24.3 Å². The molecule has 2 rings (SSSR count). The molecule has 0 aliphatic carbocycles. The van der Waals surface area contributed by atoms with Crippen LogP contribution in [-0.4, -0.2) is 48.2 Å². The van der Waals surface area contributed by atoms with Gasteiger partial charge in [0.25, 0.3) is 0 Å². The lowest BCUT2D eigenvalue weighted by molar-refractivity contribution is -0.139. The van der Waals surface area contributed by atoms with Crippen molar-refractivity contribution in [2.75, 3.05) is 30.3 Å². The maximum absolute atomic E-state index is 12.3. The monoisotopic (exact) mass is 346 g/mol. The quantitative estimate of drug-likeness (QED) is 0.452. The first-order valence-corrected chi connectivity index (χ1v) is 8.16. The molecule has 1 saturated heterocycles. The number of nitrogen functional groups attached to an aromatic ring is 1. The Morgan fingerprint density at radius 1 is 1.24 bits per heavy atom. The van der Waals surface area contributed by atoms with Gasteiger partial charge in [-0.15, -0.1) is 0 Å². The van der Waals surface area contributed by atoms with Crippen LogP contribution < -0.4 is 16.0 Å². The van der Waals surface area contributed by atoms with Gasteiger partial charge in [-0.25, -0.2) is 4.90 Å². The molecule has 1 aromatic carbocycles. The van der Waals surface area contributed by atoms with Gasteiger partial charge in [0, 0.05) is 38.7 Å². The molecule has 1 aromatic rings. The SMILES string of the molecule is CC(=O)N(C(=O)C(=O)NCCCN1CCCC1=O)c1ccc(N)cc1. The van der Waals surface area contributed by atoms with Crippen molar-refractivity contribution in [3.63, 3.8) is 0 Å². The fourth-order valence-corrected chi connectivity index (χ4v) is 2.65. The van der Waals surface area contributed by atoms with Crippen LogP contribution in [0.2, 0.25) is 0 Å². The van der Waals surface area contributed by atoms with E-state index in [1.807, 2.05) is 0 Å². The number of amides is 4. The highest BCUT2D eigenvalue weighted by atomic mass is 16.2. The summed E-state index contributed by atoms with van der Waals surface area (Å²) < 4.78 is 0. The highest BCUT2D eigenvalue weighted by molar-refractivity contribution is 6.45. The van der Waals surface area contributed by atoms with Gasteiger partial charge in [0.05, 0.1) is 5.69 Å². The summed E-state index contributed by atoms with van der Waals surface area (Å²) in [6.07, 6.45) is 1.98. The van der Waals surface area contributed by atoms with Gasteiger partial charge in [0.15, 0.2) is 0 Å². The van der Waals surface area contributed by atoms with Crippen LogP contribution in [0.15, 0.2) is 24.3 Å². The number of rotatable bonds is 5. The molecule has 25 heavy (non-hydrogen) atoms. The first kappa shape index (κ1) is 18.4. The van der Waals surface area contributed by atoms with E-state index in [4.69, 9.17) is 5.73 Å². The largest absolute Gasteiger partial charge is 0.399 e. The lowest BCUT2D eigenvalue weighted by Gasteiger charge is -2.19. The van der Waals surface area contributed by atoms with Crippen molar-refractivity contribution in [3.8, 4) is 0 Å². The molecule has 0 aromatic heterocycles. The summed E-state index contributed by atoms with van der Waals surface area (Å²) in [6, 6.07) is 6.09. The maximum Gasteiger partial charge on any atom is 0.323 e. The Morgan fingerprint density at radius 3 is 2.48 bits per heavy atom. The minimum absolute atomic E-state index is 0.119. The Balaban J connectivity index is 1.88. The summed E-state index contributed by atoms with van der Waals surface area (Å²) in [5, 5.41) is 2.49. The molecule has 0 saturated carbocycles. The van der Waals surface area contributed by atoms with Gasteiger partial charge in [0.2, 0.25) is 11.8 Å². The molecule has 1 heterocycles. The zero-order valence-corrected chi connectivity index (χ0v) is 14.2. The molecule has 3 N–H and O–H groups in total. The fourth-order valence-electron chi connectivity index (χ4n) is 2.65. The van der Waals surface area contributed by atoms with Crippen molar-refractivity contribution >= 4 is 35.0 Å². The number of nitrogens with one attached hydrogen (secondary N) is 1. The lowest BCUT2D eigenvalue weighted by Crippen LogP contribution is -2.46. The fraction of sp³-hybridized carbons (Fsp3) is 0.412. The highest BCUT2D eigenvalue weighted by Crippen LogP contribution is 2.17. The molecule has 134 valence electrons. The normalized spacial score (nSPS) is 13.6. The summed E-state index contributed by atoms with van der Waals surface area (Å²) in [4.78, 5) is 50.1. The number of carbonyl (C=O) groups excluding carboxylic acids is 4. The van der Waals surface area contributed by atoms with Crippen LogP contribution in [0, 0.1) is 0 Å². The third-order valence-electron chi connectivity index (χ3n) is 3.93. The van der Waals surface area contributed by atoms with Crippen LogP contribution >= 0.6 is 0 Å². The van der Waals surface area contributed by atoms with E-state index in [0.29, 0.717) is 25.1 Å². The Bertz CT molecular complexity index is 672. The van der Waals surface area contributed by atoms with E-state index in [1.165, 1.54) is 19.1 Å². The average Bonchev–Trinajstić information content (AvgIpc) is 2.98. The molecule has 8 nitrogen and oxygen atoms in total. The number of anilines is 2. The van der Waals surface area contributed by atoms with Gasteiger partial charge in [0.1, 0.15) is 0 Å². The molecule has 1 fully saturated rings. The van der Waals surface area contributed by atoms with Crippen molar-refractivity contribution in [1.29, 1.82) is 0 Å². The van der Waals surface area contributed by atoms with Crippen LogP contribution in [-0.2, 0) is 19.2 Å². The number of hydrogen-bond acceptors (Lipinski definition) is 5. The summed E-state index contributed by atoms with van der Waals surface area (Å²) >= 11 is 0. The summed E-state index contributed by atoms with van der Waals surface area (Å²) in [5.41, 5.74) is 6.35. The highest BCUT2D eigenvalue weighted by Gasteiger charge is 2.26. The lowest BCUT2D eigenvalue weighted by atomic mass is 10.2. The van der Waals surface area contributed by atoms with E-state index in [0.717, 1.165) is 17.9 Å². The topological polar surface area (TPSA) is 113 Å². The standard InChI is InChI=1S/C17H22N4O4/c1-12(22)21(14-7-5-13(18)6-8-14)17(25)16(24)19-9-3-11-20-10-2-4-15(20)23/h5-8H,2-4,9-11,18H2,1H3,(H,19,24). The number of hydrogen-bond donors (Lipinski definition) is 2. The predicted octanol–water partition coefficient (Wildman–Crippen LogP) is 0.277. The predicted molar refractivity (Wildman–Crippen MR) is 92.5 cm³/mol. The van der Waals surface area contributed by atoms with Crippen LogP contribution in [0.1, 0.15) is 26.2 Å². The maximum atomic E-state index is 12.3. The molecule has 1 aliphatic rings. The minimum atomic E-state index is -0.950. The molecule has 0 spiro atoms. The Morgan fingerprint density at radius 2 is 1.92 bits per heavy atom. The third kappa shape index (κ3) is 4.79. The summed E-state index contributed by atoms with van der Waals surface area (Å²) in [5.74, 6) is -2.25. The number of carbonyl (C=O) groups is 4. The minimum Gasteiger partial charge on any atom is -0.399 e. The second-order valence-corrected chi connectivity index (χ2v) is 5.84. The van der Waals surface area contributed by atoms with Gasteiger partial charge in [-0.1, -0.05) is 0 Å². The van der Waals surface area contributed by atoms with Crippen molar-refractivity contribution in [2.24, 2.45) is 0 Å². The first-order chi connectivity index (χ1) is 11.9. The van der Waals surface area contributed by atoms with Crippen LogP contribution in [0.4, 0.5) is 11.4 Å². The second-order valence-electron chi connectivity index (χ2n) is 5.84. The number of likely N-dealkylation sites (tertiary alicyclic amines) is 1. The zero-order chi connectivity index (χ0) is 18.4. The zero-order valence-electron chi connectivity index (χ0n) is 14.2. The Kier molecular flexibility index (Phi) is 6.10. The first-order valence-electron chi connectivity index (χ1n) is 8.16. The van der Waals surface area contributed by atoms with Gasteiger partial charge in [-0.05, 0) is 37.1 Å². The smallest absolute Gasteiger partial charge is 0.323 e. The molecule has 0 bridgehead atoms. The second kappa shape index (κ2) is 8.27. The van der Waals surface area contributed by atoms with E-state index in [1.54, 1.807) is 17.0 Å². The molecule has 0 radical (unpaired) electrons.